The number of carbonyl (C=O) groups excluding carboxylic acids is 2. The summed E-state index contributed by atoms with van der Waals surface area (Å²) in [7, 11) is -2.09. The minimum atomic E-state index is -2.09. The van der Waals surface area contributed by atoms with E-state index >= 15 is 0 Å². The van der Waals surface area contributed by atoms with Gasteiger partial charge in [0.1, 0.15) is 5.75 Å². The van der Waals surface area contributed by atoms with Crippen LogP contribution in [-0.2, 0) is 0 Å². The zero-order chi connectivity index (χ0) is 26.4. The zero-order valence-electron chi connectivity index (χ0n) is 23.0. The van der Waals surface area contributed by atoms with Gasteiger partial charge in [0.05, 0.1) is 23.8 Å². The van der Waals surface area contributed by atoms with Crippen LogP contribution >= 0.6 is 0 Å². The third kappa shape index (κ3) is 3.90. The van der Waals surface area contributed by atoms with Crippen LogP contribution in [0.25, 0.3) is 10.9 Å². The Morgan fingerprint density at radius 1 is 0.833 bits per heavy atom. The molecule has 0 N–H and O–H groups in total. The van der Waals surface area contributed by atoms with Gasteiger partial charge in [-0.2, -0.15) is 0 Å². The van der Waals surface area contributed by atoms with Gasteiger partial charge in [0.2, 0.25) is 0 Å². The molecule has 2 aromatic carbocycles. The number of fused-ring (bicyclic) bond motifs is 2. The lowest BCUT2D eigenvalue weighted by atomic mass is 10.1. The highest BCUT2D eigenvalue weighted by Gasteiger charge is 2.47. The average Bonchev–Trinajstić information content (AvgIpc) is 3.32. The predicted octanol–water partition coefficient (Wildman–Crippen LogP) is 7.81. The number of amides is 2. The highest BCUT2D eigenvalue weighted by Crippen LogP contribution is 2.46. The van der Waals surface area contributed by atoms with E-state index in [4.69, 9.17) is 4.74 Å². The quantitative estimate of drug-likeness (QED) is 0.220. The van der Waals surface area contributed by atoms with Crippen LogP contribution in [0.2, 0.25) is 16.6 Å². The standard InChI is InChI=1S/C30H40N2O3Si/c1-9-16-35-23-14-15-28-26(17-23)27(18-31(28)36(19(2)3,20(4)5)21(6)7)22(8)32-29(33)24-12-10-11-13-25(24)30(32)34/h10-15,17-22H,9,16H2,1-8H3. The summed E-state index contributed by atoms with van der Waals surface area (Å²) in [6.45, 7) is 18.8. The van der Waals surface area contributed by atoms with Crippen LogP contribution in [0.15, 0.2) is 48.7 Å². The topological polar surface area (TPSA) is 51.5 Å². The molecule has 2 heterocycles. The van der Waals surface area contributed by atoms with Gasteiger partial charge in [-0.05, 0) is 65.9 Å². The molecule has 0 fully saturated rings. The number of nitrogens with zero attached hydrogens (tertiary/aromatic N) is 2. The maximum Gasteiger partial charge on any atom is 0.262 e. The highest BCUT2D eigenvalue weighted by atomic mass is 28.3. The number of benzene rings is 2. The lowest BCUT2D eigenvalue weighted by molar-refractivity contribution is 0.0596. The summed E-state index contributed by atoms with van der Waals surface area (Å²) < 4.78 is 8.57. The maximum absolute atomic E-state index is 13.4. The van der Waals surface area contributed by atoms with Gasteiger partial charge in [0.15, 0.2) is 8.24 Å². The Hall–Kier alpha value is -2.86. The summed E-state index contributed by atoms with van der Waals surface area (Å²) >= 11 is 0. The summed E-state index contributed by atoms with van der Waals surface area (Å²) in [6.07, 6.45) is 3.19. The first-order valence-corrected chi connectivity index (χ1v) is 15.5. The van der Waals surface area contributed by atoms with Crippen molar-refractivity contribution in [2.24, 2.45) is 0 Å². The third-order valence-electron chi connectivity index (χ3n) is 8.13. The van der Waals surface area contributed by atoms with E-state index in [2.05, 4.69) is 77.1 Å². The molecule has 6 heteroatoms. The van der Waals surface area contributed by atoms with Crippen LogP contribution in [-0.4, -0.2) is 35.8 Å². The van der Waals surface area contributed by atoms with Crippen molar-refractivity contribution in [2.45, 2.75) is 84.5 Å². The fraction of sp³-hybridized carbons (Fsp3) is 0.467. The smallest absolute Gasteiger partial charge is 0.262 e. The Morgan fingerprint density at radius 3 is 1.89 bits per heavy atom. The van der Waals surface area contributed by atoms with Crippen molar-refractivity contribution in [3.8, 4) is 5.75 Å². The molecule has 192 valence electrons. The lowest BCUT2D eigenvalue weighted by Crippen LogP contribution is -2.51. The molecule has 3 aromatic rings. The molecule has 2 amide bonds. The molecule has 0 saturated heterocycles. The van der Waals surface area contributed by atoms with E-state index in [9.17, 15) is 9.59 Å². The Bertz CT molecular complexity index is 1230. The fourth-order valence-electron chi connectivity index (χ4n) is 6.73. The normalized spacial score (nSPS) is 15.0. The van der Waals surface area contributed by atoms with E-state index in [-0.39, 0.29) is 11.8 Å². The van der Waals surface area contributed by atoms with E-state index in [0.717, 1.165) is 23.1 Å². The molecular weight excluding hydrogens is 464 g/mol. The van der Waals surface area contributed by atoms with Crippen molar-refractivity contribution in [2.75, 3.05) is 6.61 Å². The number of rotatable bonds is 9. The molecule has 5 nitrogen and oxygen atoms in total. The van der Waals surface area contributed by atoms with Crippen LogP contribution in [0.1, 0.15) is 94.1 Å². The molecule has 1 aliphatic rings. The number of hydrogen-bond donors (Lipinski definition) is 0. The summed E-state index contributed by atoms with van der Waals surface area (Å²) in [6, 6.07) is 13.1. The minimum Gasteiger partial charge on any atom is -0.494 e. The van der Waals surface area contributed by atoms with Crippen molar-refractivity contribution in [3.05, 3.63) is 65.4 Å². The van der Waals surface area contributed by atoms with Crippen molar-refractivity contribution < 1.29 is 14.3 Å². The molecule has 1 unspecified atom stereocenters. The number of carbonyl (C=O) groups is 2. The second-order valence-corrected chi connectivity index (χ2v) is 16.8. The first-order chi connectivity index (χ1) is 17.1. The Kier molecular flexibility index (Phi) is 7.20. The molecule has 4 rings (SSSR count). The SMILES string of the molecule is CCCOc1ccc2c(c1)c(C(C)N1C(=O)c3ccccc3C1=O)cn2[Si](C(C)C)(C(C)C)C(C)C. The Morgan fingerprint density at radius 2 is 1.39 bits per heavy atom. The van der Waals surface area contributed by atoms with E-state index in [0.29, 0.717) is 34.4 Å². The van der Waals surface area contributed by atoms with Gasteiger partial charge in [-0.25, -0.2) is 0 Å². The summed E-state index contributed by atoms with van der Waals surface area (Å²) in [5, 5.41) is 1.06. The molecule has 0 radical (unpaired) electrons. The first-order valence-electron chi connectivity index (χ1n) is 13.3. The molecular formula is C30H40N2O3Si. The Balaban J connectivity index is 1.94. The predicted molar refractivity (Wildman–Crippen MR) is 150 cm³/mol. The van der Waals surface area contributed by atoms with E-state index < -0.39 is 14.3 Å². The van der Waals surface area contributed by atoms with Gasteiger partial charge in [0.25, 0.3) is 11.8 Å². The van der Waals surface area contributed by atoms with Crippen LogP contribution < -0.4 is 4.74 Å². The molecule has 36 heavy (non-hydrogen) atoms. The van der Waals surface area contributed by atoms with E-state index in [1.165, 1.54) is 10.4 Å². The molecule has 0 saturated carbocycles. The van der Waals surface area contributed by atoms with Crippen LogP contribution in [0.5, 0.6) is 5.75 Å². The zero-order valence-corrected chi connectivity index (χ0v) is 24.0. The van der Waals surface area contributed by atoms with Crippen molar-refractivity contribution in [3.63, 3.8) is 0 Å². The number of aromatic nitrogens is 1. The third-order valence-corrected chi connectivity index (χ3v) is 14.9. The second kappa shape index (κ2) is 9.89. The van der Waals surface area contributed by atoms with Gasteiger partial charge in [-0.15, -0.1) is 0 Å². The lowest BCUT2D eigenvalue weighted by Gasteiger charge is -2.44. The van der Waals surface area contributed by atoms with Crippen molar-refractivity contribution in [1.82, 2.24) is 9.13 Å². The minimum absolute atomic E-state index is 0.220. The summed E-state index contributed by atoms with van der Waals surface area (Å²) in [5.41, 5.74) is 4.66. The first kappa shape index (κ1) is 26.2. The molecule has 0 bridgehead atoms. The van der Waals surface area contributed by atoms with E-state index in [1.807, 2.05) is 19.1 Å². The average molecular weight is 505 g/mol. The van der Waals surface area contributed by atoms with E-state index in [1.54, 1.807) is 12.1 Å². The van der Waals surface area contributed by atoms with Crippen molar-refractivity contribution in [1.29, 1.82) is 0 Å². The van der Waals surface area contributed by atoms with Gasteiger partial charge < -0.3 is 8.97 Å². The van der Waals surface area contributed by atoms with Crippen LogP contribution in [0.3, 0.4) is 0 Å². The second-order valence-electron chi connectivity index (χ2n) is 11.0. The monoisotopic (exact) mass is 504 g/mol. The number of hydrogen-bond acceptors (Lipinski definition) is 3. The number of ether oxygens (including phenoxy) is 1. The van der Waals surface area contributed by atoms with Crippen LogP contribution in [0, 0.1) is 0 Å². The molecule has 0 spiro atoms. The molecule has 0 aliphatic carbocycles. The van der Waals surface area contributed by atoms with Gasteiger partial charge >= 0.3 is 0 Å². The number of imide groups is 1. The Labute approximate surface area is 216 Å². The van der Waals surface area contributed by atoms with Gasteiger partial charge in [-0.3, -0.25) is 14.5 Å². The highest BCUT2D eigenvalue weighted by molar-refractivity contribution is 6.82. The maximum atomic E-state index is 13.4. The molecule has 1 aliphatic heterocycles. The van der Waals surface area contributed by atoms with Crippen LogP contribution in [0.4, 0.5) is 0 Å². The van der Waals surface area contributed by atoms with Crippen molar-refractivity contribution >= 4 is 31.0 Å². The molecule has 1 aromatic heterocycles. The molecule has 1 atom stereocenters. The summed E-state index contributed by atoms with van der Waals surface area (Å²) in [4.78, 5) is 28.2. The van der Waals surface area contributed by atoms with Gasteiger partial charge in [-0.1, -0.05) is 60.6 Å². The fourth-order valence-corrected chi connectivity index (χ4v) is 13.4. The van der Waals surface area contributed by atoms with Gasteiger partial charge in [0, 0.05) is 17.1 Å². The largest absolute Gasteiger partial charge is 0.494 e. The summed E-state index contributed by atoms with van der Waals surface area (Å²) in [5.74, 6) is 0.383.